The van der Waals surface area contributed by atoms with Crippen LogP contribution in [-0.4, -0.2) is 29.6 Å². The molecule has 0 aromatic heterocycles. The summed E-state index contributed by atoms with van der Waals surface area (Å²) in [6, 6.07) is 0.846. The van der Waals surface area contributed by atoms with Crippen molar-refractivity contribution >= 4 is 0 Å². The van der Waals surface area contributed by atoms with Crippen LogP contribution in [0.3, 0.4) is 0 Å². The lowest BCUT2D eigenvalue weighted by Crippen LogP contribution is -2.65. The lowest BCUT2D eigenvalue weighted by Gasteiger charge is -2.57. The van der Waals surface area contributed by atoms with E-state index in [1.54, 1.807) is 0 Å². The van der Waals surface area contributed by atoms with Crippen molar-refractivity contribution in [3.05, 3.63) is 0 Å². The van der Waals surface area contributed by atoms with E-state index >= 15 is 0 Å². The minimum Gasteiger partial charge on any atom is -0.329 e. The van der Waals surface area contributed by atoms with E-state index in [4.69, 9.17) is 5.73 Å². The van der Waals surface area contributed by atoms with Crippen LogP contribution in [0.4, 0.5) is 0 Å². The molecule has 2 nitrogen and oxygen atoms in total. The molecular formula is C18H34N2. The molecule has 0 spiro atoms. The molecule has 1 aliphatic heterocycles. The topological polar surface area (TPSA) is 29.3 Å². The first-order valence-corrected chi connectivity index (χ1v) is 9.08. The van der Waals surface area contributed by atoms with E-state index < -0.39 is 0 Å². The molecular weight excluding hydrogens is 244 g/mol. The van der Waals surface area contributed by atoms with E-state index in [-0.39, 0.29) is 5.54 Å². The molecule has 0 radical (unpaired) electrons. The van der Waals surface area contributed by atoms with Gasteiger partial charge < -0.3 is 5.73 Å². The van der Waals surface area contributed by atoms with Gasteiger partial charge in [-0.25, -0.2) is 0 Å². The molecule has 0 bridgehead atoms. The van der Waals surface area contributed by atoms with Gasteiger partial charge in [0.15, 0.2) is 0 Å². The molecule has 3 rings (SSSR count). The van der Waals surface area contributed by atoms with E-state index in [0.717, 1.165) is 18.5 Å². The molecule has 1 saturated heterocycles. The third kappa shape index (κ3) is 2.23. The predicted molar refractivity (Wildman–Crippen MR) is 85.7 cm³/mol. The number of nitrogens with two attached hydrogens (primary N) is 1. The van der Waals surface area contributed by atoms with Gasteiger partial charge in [0.2, 0.25) is 0 Å². The third-order valence-corrected chi connectivity index (χ3v) is 7.03. The van der Waals surface area contributed by atoms with Crippen molar-refractivity contribution in [2.45, 2.75) is 89.6 Å². The maximum Gasteiger partial charge on any atom is 0.0385 e. The summed E-state index contributed by atoms with van der Waals surface area (Å²) < 4.78 is 0. The SMILES string of the molecule is CC1(C)CCCCC1(CN)N1CCCC1C1CCCC1. The van der Waals surface area contributed by atoms with Gasteiger partial charge in [0.1, 0.15) is 0 Å². The van der Waals surface area contributed by atoms with Crippen LogP contribution in [0.1, 0.15) is 78.1 Å². The first-order valence-electron chi connectivity index (χ1n) is 9.08. The highest BCUT2D eigenvalue weighted by Gasteiger charge is 2.53. The second-order valence-corrected chi connectivity index (χ2v) is 8.27. The van der Waals surface area contributed by atoms with Crippen LogP contribution in [0.25, 0.3) is 0 Å². The number of rotatable bonds is 3. The largest absolute Gasteiger partial charge is 0.329 e. The Morgan fingerprint density at radius 2 is 1.65 bits per heavy atom. The van der Waals surface area contributed by atoms with Crippen LogP contribution in [0.5, 0.6) is 0 Å². The molecule has 0 amide bonds. The van der Waals surface area contributed by atoms with Gasteiger partial charge in [-0.2, -0.15) is 0 Å². The summed E-state index contributed by atoms with van der Waals surface area (Å²) in [7, 11) is 0. The van der Waals surface area contributed by atoms with Gasteiger partial charge >= 0.3 is 0 Å². The third-order valence-electron chi connectivity index (χ3n) is 7.03. The Morgan fingerprint density at radius 1 is 0.950 bits per heavy atom. The first-order chi connectivity index (χ1) is 9.61. The maximum absolute atomic E-state index is 6.41. The molecule has 116 valence electrons. The number of hydrogen-bond acceptors (Lipinski definition) is 2. The summed E-state index contributed by atoms with van der Waals surface area (Å²) in [4.78, 5) is 2.92. The molecule has 2 atom stereocenters. The van der Waals surface area contributed by atoms with Gasteiger partial charge in [-0.05, 0) is 56.4 Å². The molecule has 2 heteroatoms. The van der Waals surface area contributed by atoms with E-state index in [9.17, 15) is 0 Å². The Labute approximate surface area is 125 Å². The molecule has 2 aliphatic carbocycles. The lowest BCUT2D eigenvalue weighted by atomic mass is 9.61. The molecule has 0 aromatic carbocycles. The summed E-state index contributed by atoms with van der Waals surface area (Å²) in [5.41, 5.74) is 7.09. The van der Waals surface area contributed by atoms with Gasteiger partial charge in [-0.15, -0.1) is 0 Å². The molecule has 20 heavy (non-hydrogen) atoms. The highest BCUT2D eigenvalue weighted by molar-refractivity contribution is 5.09. The zero-order chi connectivity index (χ0) is 14.2. The fraction of sp³-hybridized carbons (Fsp3) is 1.00. The molecule has 2 unspecified atom stereocenters. The highest BCUT2D eigenvalue weighted by Crippen LogP contribution is 2.51. The number of hydrogen-bond donors (Lipinski definition) is 1. The van der Waals surface area contributed by atoms with E-state index in [1.165, 1.54) is 70.8 Å². The second kappa shape index (κ2) is 5.61. The molecule has 3 aliphatic rings. The lowest BCUT2D eigenvalue weighted by molar-refractivity contribution is -0.0619. The van der Waals surface area contributed by atoms with Crippen LogP contribution in [0.2, 0.25) is 0 Å². The van der Waals surface area contributed by atoms with Crippen molar-refractivity contribution in [3.8, 4) is 0 Å². The van der Waals surface area contributed by atoms with Crippen LogP contribution in [0.15, 0.2) is 0 Å². The summed E-state index contributed by atoms with van der Waals surface area (Å²) in [5, 5.41) is 0. The summed E-state index contributed by atoms with van der Waals surface area (Å²) in [6.45, 7) is 7.15. The smallest absolute Gasteiger partial charge is 0.0385 e. The molecule has 2 saturated carbocycles. The van der Waals surface area contributed by atoms with Gasteiger partial charge in [0, 0.05) is 18.1 Å². The van der Waals surface area contributed by atoms with Crippen LogP contribution in [0, 0.1) is 11.3 Å². The van der Waals surface area contributed by atoms with Crippen molar-refractivity contribution in [1.82, 2.24) is 4.90 Å². The molecule has 0 aromatic rings. The molecule has 1 heterocycles. The zero-order valence-corrected chi connectivity index (χ0v) is 13.7. The van der Waals surface area contributed by atoms with Crippen molar-refractivity contribution in [1.29, 1.82) is 0 Å². The summed E-state index contributed by atoms with van der Waals surface area (Å²) >= 11 is 0. The highest BCUT2D eigenvalue weighted by atomic mass is 15.3. The van der Waals surface area contributed by atoms with Gasteiger partial charge in [-0.3, -0.25) is 4.90 Å². The maximum atomic E-state index is 6.41. The molecule has 2 N–H and O–H groups in total. The number of nitrogens with zero attached hydrogens (tertiary/aromatic N) is 1. The first kappa shape index (κ1) is 14.8. The quantitative estimate of drug-likeness (QED) is 0.847. The van der Waals surface area contributed by atoms with Crippen molar-refractivity contribution in [3.63, 3.8) is 0 Å². The minimum atomic E-state index is 0.287. The van der Waals surface area contributed by atoms with E-state index in [2.05, 4.69) is 18.7 Å². The Bertz CT molecular complexity index is 332. The van der Waals surface area contributed by atoms with E-state index in [1.807, 2.05) is 0 Å². The fourth-order valence-corrected chi connectivity index (χ4v) is 5.74. The average Bonchev–Trinajstić information content (AvgIpc) is 3.09. The Hall–Kier alpha value is -0.0800. The van der Waals surface area contributed by atoms with Crippen LogP contribution < -0.4 is 5.73 Å². The monoisotopic (exact) mass is 278 g/mol. The summed E-state index contributed by atoms with van der Waals surface area (Å²) in [6.07, 6.45) is 14.2. The normalized spacial score (nSPS) is 39.5. The van der Waals surface area contributed by atoms with Crippen molar-refractivity contribution in [2.75, 3.05) is 13.1 Å². The average molecular weight is 278 g/mol. The predicted octanol–water partition coefficient (Wildman–Crippen LogP) is 3.94. The molecule has 3 fully saturated rings. The van der Waals surface area contributed by atoms with Crippen LogP contribution >= 0.6 is 0 Å². The van der Waals surface area contributed by atoms with E-state index in [0.29, 0.717) is 5.41 Å². The van der Waals surface area contributed by atoms with Gasteiger partial charge in [0.25, 0.3) is 0 Å². The van der Waals surface area contributed by atoms with Crippen LogP contribution in [-0.2, 0) is 0 Å². The van der Waals surface area contributed by atoms with Gasteiger partial charge in [0.05, 0.1) is 0 Å². The Morgan fingerprint density at radius 3 is 2.30 bits per heavy atom. The minimum absolute atomic E-state index is 0.287. The van der Waals surface area contributed by atoms with Gasteiger partial charge in [-0.1, -0.05) is 39.5 Å². The second-order valence-electron chi connectivity index (χ2n) is 8.27. The fourth-order valence-electron chi connectivity index (χ4n) is 5.74. The number of likely N-dealkylation sites (tertiary alicyclic amines) is 1. The Balaban J connectivity index is 1.86. The van der Waals surface area contributed by atoms with Crippen molar-refractivity contribution < 1.29 is 0 Å². The Kier molecular flexibility index (Phi) is 4.16. The van der Waals surface area contributed by atoms with Crippen molar-refractivity contribution in [2.24, 2.45) is 17.1 Å². The summed E-state index contributed by atoms with van der Waals surface area (Å²) in [5.74, 6) is 0.971. The standard InChI is InChI=1S/C18H34N2/c1-17(2)11-5-6-12-18(17,14-19)20-13-7-10-16(20)15-8-3-4-9-15/h15-16H,3-14,19H2,1-2H3. The zero-order valence-electron chi connectivity index (χ0n) is 13.7.